The van der Waals surface area contributed by atoms with Crippen LogP contribution in [0.1, 0.15) is 53.0 Å². The molecule has 1 atom stereocenters. The number of rotatable bonds is 3. The summed E-state index contributed by atoms with van der Waals surface area (Å²) in [5.74, 6) is 2.00. The molecule has 1 aliphatic heterocycles. The van der Waals surface area contributed by atoms with Gasteiger partial charge in [0.05, 0.1) is 26.7 Å². The summed E-state index contributed by atoms with van der Waals surface area (Å²) in [6.45, 7) is 8.49. The van der Waals surface area contributed by atoms with E-state index in [4.69, 9.17) is 15.7 Å². The number of nitrogen functional groups attached to an aromatic ring is 1. The number of aryl methyl sites for hydroxylation is 2. The predicted molar refractivity (Wildman–Crippen MR) is 123 cm³/mol. The Kier molecular flexibility index (Phi) is 4.76. The van der Waals surface area contributed by atoms with Crippen LogP contribution in [-0.4, -0.2) is 32.9 Å². The minimum absolute atomic E-state index is 0.167. The first-order chi connectivity index (χ1) is 14.0. The van der Waals surface area contributed by atoms with Gasteiger partial charge in [0.1, 0.15) is 16.5 Å². The van der Waals surface area contributed by atoms with Crippen LogP contribution in [0.5, 0.6) is 0 Å². The molecule has 150 valence electrons. The molecule has 0 aliphatic carbocycles. The number of nitrogens with two attached hydrogens (primary N) is 1. The fraction of sp³-hybridized carbons (Fsp3) is 0.409. The summed E-state index contributed by atoms with van der Waals surface area (Å²) in [5, 5.41) is 2.31. The summed E-state index contributed by atoms with van der Waals surface area (Å²) in [6.07, 6.45) is 2.25. The van der Waals surface area contributed by atoms with Crippen LogP contribution in [-0.2, 0) is 0 Å². The molecule has 3 aromatic heterocycles. The second kappa shape index (κ2) is 7.31. The first-order valence-corrected chi connectivity index (χ1v) is 11.8. The molecule has 0 radical (unpaired) electrons. The van der Waals surface area contributed by atoms with Crippen LogP contribution in [0.3, 0.4) is 0 Å². The molecule has 1 aliphatic rings. The highest BCUT2D eigenvalue weighted by atomic mass is 32.1. The summed E-state index contributed by atoms with van der Waals surface area (Å²) in [4.78, 5) is 19.2. The highest BCUT2D eigenvalue weighted by Gasteiger charge is 2.28. The van der Waals surface area contributed by atoms with Crippen molar-refractivity contribution < 1.29 is 0 Å². The van der Waals surface area contributed by atoms with E-state index in [1.54, 1.807) is 11.3 Å². The predicted octanol–water partition coefficient (Wildman–Crippen LogP) is 5.44. The van der Waals surface area contributed by atoms with Gasteiger partial charge >= 0.3 is 0 Å². The lowest BCUT2D eigenvalue weighted by Crippen LogP contribution is -2.35. The number of para-hydroxylation sites is 1. The van der Waals surface area contributed by atoms with Gasteiger partial charge in [0.15, 0.2) is 0 Å². The maximum absolute atomic E-state index is 6.30. The number of benzene rings is 1. The Morgan fingerprint density at radius 3 is 2.59 bits per heavy atom. The van der Waals surface area contributed by atoms with E-state index >= 15 is 0 Å². The second-order valence-corrected chi connectivity index (χ2v) is 10.2. The number of nitrogens with zero attached hydrogens (tertiary/aromatic N) is 4. The van der Waals surface area contributed by atoms with Crippen LogP contribution in [0, 0.1) is 13.8 Å². The monoisotopic (exact) mass is 423 g/mol. The molecular weight excluding hydrogens is 398 g/mol. The molecule has 0 spiro atoms. The highest BCUT2D eigenvalue weighted by Crippen LogP contribution is 2.37. The molecule has 5 nitrogen and oxygen atoms in total. The number of hydrogen-bond donors (Lipinski definition) is 1. The Morgan fingerprint density at radius 2 is 1.83 bits per heavy atom. The van der Waals surface area contributed by atoms with E-state index in [0.717, 1.165) is 47.5 Å². The quantitative estimate of drug-likeness (QED) is 0.475. The summed E-state index contributed by atoms with van der Waals surface area (Å²) in [7, 11) is 0. The van der Waals surface area contributed by atoms with Crippen molar-refractivity contribution in [2.75, 3.05) is 18.8 Å². The van der Waals surface area contributed by atoms with Crippen LogP contribution in [0.2, 0.25) is 0 Å². The van der Waals surface area contributed by atoms with Crippen molar-refractivity contribution >= 4 is 48.9 Å². The van der Waals surface area contributed by atoms with E-state index in [1.165, 1.54) is 20.1 Å². The van der Waals surface area contributed by atoms with Crippen LogP contribution in [0.15, 0.2) is 24.3 Å². The Balaban J connectivity index is 1.33. The third-order valence-corrected chi connectivity index (χ3v) is 8.48. The molecule has 1 saturated heterocycles. The van der Waals surface area contributed by atoms with Gasteiger partial charge in [-0.1, -0.05) is 12.1 Å². The number of thiophene rings is 1. The summed E-state index contributed by atoms with van der Waals surface area (Å²) >= 11 is 3.56. The molecule has 4 heterocycles. The lowest BCUT2D eigenvalue weighted by atomic mass is 9.96. The Morgan fingerprint density at radius 1 is 1.07 bits per heavy atom. The van der Waals surface area contributed by atoms with E-state index in [1.807, 2.05) is 11.3 Å². The maximum atomic E-state index is 6.30. The fourth-order valence-corrected chi connectivity index (χ4v) is 6.43. The SMILES string of the molecule is Cc1sc2nc(C(C)N3CCC(c4nc5ccccc5s4)CC3)nc(N)c2c1C. The van der Waals surface area contributed by atoms with Gasteiger partial charge in [-0.15, -0.1) is 22.7 Å². The Hall–Kier alpha value is -2.09. The van der Waals surface area contributed by atoms with E-state index in [9.17, 15) is 0 Å². The molecule has 1 fully saturated rings. The first-order valence-electron chi connectivity index (χ1n) is 10.1. The molecule has 0 saturated carbocycles. The number of thiazole rings is 1. The molecule has 4 aromatic rings. The van der Waals surface area contributed by atoms with E-state index in [-0.39, 0.29) is 6.04 Å². The number of hydrogen-bond acceptors (Lipinski definition) is 7. The van der Waals surface area contributed by atoms with Gasteiger partial charge in [0, 0.05) is 10.8 Å². The van der Waals surface area contributed by atoms with Crippen LogP contribution >= 0.6 is 22.7 Å². The first kappa shape index (κ1) is 18.9. The molecular formula is C22H25N5S2. The van der Waals surface area contributed by atoms with Crippen molar-refractivity contribution in [2.24, 2.45) is 0 Å². The van der Waals surface area contributed by atoms with Gasteiger partial charge in [-0.3, -0.25) is 4.90 Å². The van der Waals surface area contributed by atoms with Gasteiger partial charge < -0.3 is 5.73 Å². The molecule has 7 heteroatoms. The van der Waals surface area contributed by atoms with Crippen molar-refractivity contribution in [1.82, 2.24) is 19.9 Å². The number of aromatic nitrogens is 3. The van der Waals surface area contributed by atoms with Crippen LogP contribution < -0.4 is 5.73 Å². The van der Waals surface area contributed by atoms with Crippen molar-refractivity contribution in [1.29, 1.82) is 0 Å². The molecule has 1 unspecified atom stereocenters. The molecule has 1 aromatic carbocycles. The maximum Gasteiger partial charge on any atom is 0.149 e. The lowest BCUT2D eigenvalue weighted by Gasteiger charge is -2.34. The van der Waals surface area contributed by atoms with E-state index in [2.05, 4.69) is 54.9 Å². The minimum atomic E-state index is 0.167. The topological polar surface area (TPSA) is 67.9 Å². The average Bonchev–Trinajstić information content (AvgIpc) is 3.28. The summed E-state index contributed by atoms with van der Waals surface area (Å²) in [6, 6.07) is 8.60. The number of likely N-dealkylation sites (tertiary alicyclic amines) is 1. The van der Waals surface area contributed by atoms with Gasteiger partial charge in [0.2, 0.25) is 0 Å². The zero-order valence-electron chi connectivity index (χ0n) is 17.0. The largest absolute Gasteiger partial charge is 0.383 e. The standard InChI is InChI=1S/C22H25N5S2/c1-12-14(3)28-22-18(12)19(23)25-20(26-22)13(2)27-10-8-15(9-11-27)21-24-16-6-4-5-7-17(16)29-21/h4-7,13,15H,8-11H2,1-3H3,(H2,23,25,26). The van der Waals surface area contributed by atoms with Crippen LogP contribution in [0.25, 0.3) is 20.4 Å². The molecule has 2 N–H and O–H groups in total. The van der Waals surface area contributed by atoms with Gasteiger partial charge in [-0.05, 0) is 64.4 Å². The summed E-state index contributed by atoms with van der Waals surface area (Å²) < 4.78 is 1.29. The Bertz CT molecular complexity index is 1150. The fourth-order valence-electron chi connectivity index (χ4n) is 4.25. The van der Waals surface area contributed by atoms with Crippen molar-refractivity contribution in [2.45, 2.75) is 45.6 Å². The normalized spacial score (nSPS) is 17.3. The number of piperidine rings is 1. The number of anilines is 1. The van der Waals surface area contributed by atoms with Gasteiger partial charge in [-0.2, -0.15) is 0 Å². The smallest absolute Gasteiger partial charge is 0.149 e. The van der Waals surface area contributed by atoms with E-state index in [0.29, 0.717) is 11.7 Å². The molecule has 0 bridgehead atoms. The zero-order valence-corrected chi connectivity index (χ0v) is 18.6. The van der Waals surface area contributed by atoms with E-state index < -0.39 is 0 Å². The highest BCUT2D eigenvalue weighted by molar-refractivity contribution is 7.19. The summed E-state index contributed by atoms with van der Waals surface area (Å²) in [5.41, 5.74) is 8.64. The zero-order chi connectivity index (χ0) is 20.1. The third-order valence-electron chi connectivity index (χ3n) is 6.18. The third kappa shape index (κ3) is 3.31. The molecule has 0 amide bonds. The molecule has 29 heavy (non-hydrogen) atoms. The molecule has 5 rings (SSSR count). The minimum Gasteiger partial charge on any atom is -0.383 e. The number of fused-ring (bicyclic) bond motifs is 2. The van der Waals surface area contributed by atoms with Crippen molar-refractivity contribution in [3.63, 3.8) is 0 Å². The van der Waals surface area contributed by atoms with Crippen LogP contribution in [0.4, 0.5) is 5.82 Å². The lowest BCUT2D eigenvalue weighted by molar-refractivity contribution is 0.157. The second-order valence-electron chi connectivity index (χ2n) is 7.94. The van der Waals surface area contributed by atoms with Gasteiger partial charge in [-0.25, -0.2) is 15.0 Å². The van der Waals surface area contributed by atoms with Gasteiger partial charge in [0.25, 0.3) is 0 Å². The van der Waals surface area contributed by atoms with Crippen molar-refractivity contribution in [3.05, 3.63) is 45.5 Å². The van der Waals surface area contributed by atoms with Crippen molar-refractivity contribution in [3.8, 4) is 0 Å². The average molecular weight is 424 g/mol. The Labute approximate surface area is 178 Å².